The number of hydrogen-bond acceptors (Lipinski definition) is 4. The fourth-order valence-electron chi connectivity index (χ4n) is 4.16. The summed E-state index contributed by atoms with van der Waals surface area (Å²) >= 11 is 1.62. The van der Waals surface area contributed by atoms with Crippen LogP contribution in [-0.4, -0.2) is 36.4 Å². The SMILES string of the molecule is C.CN1C(=O)[C@@H](NC(=O)C2=CN=C(Cc3ccccc3)C2)CSc2cc3c(cc21)C=CC3. The number of amides is 2. The average Bonchev–Trinajstić information content (AvgIpc) is 3.42. The molecule has 2 aromatic rings. The number of thioether (sulfide) groups is 1. The van der Waals surface area contributed by atoms with Gasteiger partial charge in [0.15, 0.2) is 0 Å². The average molecular weight is 446 g/mol. The van der Waals surface area contributed by atoms with Crippen LogP contribution in [0.2, 0.25) is 0 Å². The van der Waals surface area contributed by atoms with E-state index in [0.717, 1.165) is 29.1 Å². The van der Waals surface area contributed by atoms with E-state index in [9.17, 15) is 9.59 Å². The van der Waals surface area contributed by atoms with Crippen LogP contribution in [0.25, 0.3) is 6.08 Å². The van der Waals surface area contributed by atoms with Crippen molar-refractivity contribution in [3.63, 3.8) is 0 Å². The van der Waals surface area contributed by atoms with Crippen LogP contribution in [-0.2, 0) is 22.4 Å². The molecule has 0 spiro atoms. The lowest BCUT2D eigenvalue weighted by Crippen LogP contribution is -2.48. The molecule has 1 aliphatic carbocycles. The Hall–Kier alpha value is -3.12. The third kappa shape index (κ3) is 4.28. The number of fused-ring (bicyclic) bond motifs is 2. The van der Waals surface area contributed by atoms with Gasteiger partial charge in [-0.3, -0.25) is 14.6 Å². The minimum Gasteiger partial charge on any atom is -0.340 e. The van der Waals surface area contributed by atoms with Crippen LogP contribution in [0.5, 0.6) is 0 Å². The number of anilines is 1. The Morgan fingerprint density at radius 1 is 1.25 bits per heavy atom. The van der Waals surface area contributed by atoms with Crippen LogP contribution in [0, 0.1) is 0 Å². The standard InChI is InChI=1S/C25H23N3O2S.CH4/c1-28-22-12-17-8-5-9-18(17)13-23(22)31-15-21(25(28)30)27-24(29)19-11-20(26-14-19)10-16-6-3-2-4-7-16;/h2-8,12-14,21H,9-11,15H2,1H3,(H,27,29);1H4/t21-;/m0./s1. The van der Waals surface area contributed by atoms with Crippen LogP contribution in [0.3, 0.4) is 0 Å². The van der Waals surface area contributed by atoms with Crippen molar-refractivity contribution in [1.29, 1.82) is 0 Å². The van der Waals surface area contributed by atoms with E-state index >= 15 is 0 Å². The van der Waals surface area contributed by atoms with E-state index in [1.165, 1.54) is 16.7 Å². The largest absolute Gasteiger partial charge is 0.340 e. The van der Waals surface area contributed by atoms with Gasteiger partial charge < -0.3 is 10.2 Å². The molecule has 3 aliphatic rings. The van der Waals surface area contributed by atoms with Gasteiger partial charge in [0.05, 0.1) is 5.69 Å². The van der Waals surface area contributed by atoms with Crippen LogP contribution in [0.4, 0.5) is 5.69 Å². The Balaban J connectivity index is 0.00000245. The molecule has 2 aliphatic heterocycles. The molecule has 0 saturated heterocycles. The third-order valence-corrected chi connectivity index (χ3v) is 7.03. The highest BCUT2D eigenvalue weighted by Gasteiger charge is 2.31. The summed E-state index contributed by atoms with van der Waals surface area (Å²) in [5.41, 5.74) is 6.11. The highest BCUT2D eigenvalue weighted by Crippen LogP contribution is 2.38. The normalized spacial score (nSPS) is 18.8. The van der Waals surface area contributed by atoms with Gasteiger partial charge in [0, 0.05) is 48.0 Å². The maximum absolute atomic E-state index is 13.1. The molecule has 2 heterocycles. The summed E-state index contributed by atoms with van der Waals surface area (Å²) in [7, 11) is 1.78. The van der Waals surface area contributed by atoms with Crippen molar-refractivity contribution in [3.05, 3.63) is 77.0 Å². The minimum absolute atomic E-state index is 0. The number of nitrogens with one attached hydrogen (secondary N) is 1. The van der Waals surface area contributed by atoms with Gasteiger partial charge in [0.1, 0.15) is 6.04 Å². The lowest BCUT2D eigenvalue weighted by atomic mass is 10.0. The lowest BCUT2D eigenvalue weighted by molar-refractivity contribution is -0.125. The number of hydrogen-bond donors (Lipinski definition) is 1. The molecule has 0 radical (unpaired) electrons. The maximum Gasteiger partial charge on any atom is 0.250 e. The van der Waals surface area contributed by atoms with Crippen molar-refractivity contribution in [2.75, 3.05) is 17.7 Å². The molecular weight excluding hydrogens is 418 g/mol. The molecule has 0 unspecified atom stereocenters. The number of likely N-dealkylation sites (N-methyl/N-ethyl adjacent to an activating group) is 1. The molecule has 2 amide bonds. The van der Waals surface area contributed by atoms with Gasteiger partial charge in [-0.25, -0.2) is 0 Å². The second-order valence-electron chi connectivity index (χ2n) is 8.05. The van der Waals surface area contributed by atoms with Gasteiger partial charge in [-0.1, -0.05) is 49.9 Å². The van der Waals surface area contributed by atoms with Gasteiger partial charge in [-0.05, 0) is 35.2 Å². The van der Waals surface area contributed by atoms with E-state index in [1.54, 1.807) is 29.9 Å². The number of carbonyl (C=O) groups is 2. The number of allylic oxidation sites excluding steroid dienone is 1. The maximum atomic E-state index is 13.1. The highest BCUT2D eigenvalue weighted by molar-refractivity contribution is 7.99. The molecule has 164 valence electrons. The molecule has 32 heavy (non-hydrogen) atoms. The Morgan fingerprint density at radius 3 is 2.88 bits per heavy atom. The summed E-state index contributed by atoms with van der Waals surface area (Å²) in [4.78, 5) is 33.2. The van der Waals surface area contributed by atoms with E-state index in [-0.39, 0.29) is 19.2 Å². The lowest BCUT2D eigenvalue weighted by Gasteiger charge is -2.22. The number of carbonyl (C=O) groups excluding carboxylic acids is 2. The third-order valence-electron chi connectivity index (χ3n) is 5.90. The van der Waals surface area contributed by atoms with Crippen molar-refractivity contribution in [3.8, 4) is 0 Å². The first-order valence-electron chi connectivity index (χ1n) is 10.4. The second-order valence-corrected chi connectivity index (χ2v) is 9.11. The van der Waals surface area contributed by atoms with E-state index in [0.29, 0.717) is 17.7 Å². The number of benzene rings is 2. The summed E-state index contributed by atoms with van der Waals surface area (Å²) in [6.45, 7) is 0. The molecule has 0 fully saturated rings. The molecule has 1 N–H and O–H groups in total. The summed E-state index contributed by atoms with van der Waals surface area (Å²) < 4.78 is 0. The molecule has 5 nitrogen and oxygen atoms in total. The molecule has 5 rings (SSSR count). The summed E-state index contributed by atoms with van der Waals surface area (Å²) in [5.74, 6) is 0.208. The number of aliphatic imine (C=N–C) groups is 1. The number of rotatable bonds is 4. The quantitative estimate of drug-likeness (QED) is 0.758. The Morgan fingerprint density at radius 2 is 2.06 bits per heavy atom. The summed E-state index contributed by atoms with van der Waals surface area (Å²) in [5, 5.41) is 2.95. The molecule has 0 aromatic heterocycles. The Labute approximate surface area is 193 Å². The summed E-state index contributed by atoms with van der Waals surface area (Å²) in [6, 6.07) is 13.8. The molecule has 1 atom stereocenters. The zero-order valence-electron chi connectivity index (χ0n) is 17.3. The van der Waals surface area contributed by atoms with E-state index < -0.39 is 6.04 Å². The van der Waals surface area contributed by atoms with Gasteiger partial charge in [0.25, 0.3) is 0 Å². The van der Waals surface area contributed by atoms with Crippen molar-refractivity contribution < 1.29 is 9.59 Å². The van der Waals surface area contributed by atoms with E-state index in [1.807, 2.05) is 18.2 Å². The van der Waals surface area contributed by atoms with Crippen LogP contribution in [0.15, 0.2) is 70.2 Å². The number of nitrogens with zero attached hydrogens (tertiary/aromatic N) is 2. The van der Waals surface area contributed by atoms with Crippen molar-refractivity contribution in [1.82, 2.24) is 5.32 Å². The monoisotopic (exact) mass is 445 g/mol. The van der Waals surface area contributed by atoms with E-state index in [2.05, 4.69) is 46.7 Å². The molecule has 0 saturated carbocycles. The van der Waals surface area contributed by atoms with Crippen LogP contribution >= 0.6 is 11.8 Å². The first-order valence-corrected chi connectivity index (χ1v) is 11.4. The van der Waals surface area contributed by atoms with Gasteiger partial charge >= 0.3 is 0 Å². The van der Waals surface area contributed by atoms with Crippen molar-refractivity contribution in [2.24, 2.45) is 4.99 Å². The van der Waals surface area contributed by atoms with Crippen LogP contribution < -0.4 is 10.2 Å². The fourth-order valence-corrected chi connectivity index (χ4v) is 5.30. The van der Waals surface area contributed by atoms with Crippen LogP contribution in [0.1, 0.15) is 30.5 Å². The van der Waals surface area contributed by atoms with Gasteiger partial charge in [0.2, 0.25) is 11.8 Å². The zero-order chi connectivity index (χ0) is 21.4. The van der Waals surface area contributed by atoms with Crippen molar-refractivity contribution >= 4 is 41.1 Å². The minimum atomic E-state index is -0.570. The molecule has 0 bridgehead atoms. The first kappa shape index (κ1) is 22.1. The second kappa shape index (κ2) is 9.17. The van der Waals surface area contributed by atoms with Gasteiger partial charge in [-0.15, -0.1) is 11.8 Å². The topological polar surface area (TPSA) is 61.8 Å². The Bertz CT molecular complexity index is 1150. The first-order chi connectivity index (χ1) is 15.1. The molecule has 6 heteroatoms. The molecule has 2 aromatic carbocycles. The predicted molar refractivity (Wildman–Crippen MR) is 132 cm³/mol. The van der Waals surface area contributed by atoms with Crippen molar-refractivity contribution in [2.45, 2.75) is 37.6 Å². The molecular formula is C26H27N3O2S. The zero-order valence-corrected chi connectivity index (χ0v) is 18.1. The Kier molecular flexibility index (Phi) is 6.33. The van der Waals surface area contributed by atoms with E-state index in [4.69, 9.17) is 0 Å². The smallest absolute Gasteiger partial charge is 0.250 e. The fraction of sp³-hybridized carbons (Fsp3) is 0.269. The van der Waals surface area contributed by atoms with Gasteiger partial charge in [-0.2, -0.15) is 0 Å². The summed E-state index contributed by atoms with van der Waals surface area (Å²) in [6.07, 6.45) is 8.05. The highest BCUT2D eigenvalue weighted by atomic mass is 32.2. The predicted octanol–water partition coefficient (Wildman–Crippen LogP) is 4.42.